The number of anilines is 2. The van der Waals surface area contributed by atoms with Gasteiger partial charge in [-0.05, 0) is 61.5 Å². The monoisotopic (exact) mass is 436 g/mol. The van der Waals surface area contributed by atoms with Gasteiger partial charge < -0.3 is 19.7 Å². The van der Waals surface area contributed by atoms with Crippen LogP contribution >= 0.6 is 11.6 Å². The molecule has 0 spiro atoms. The summed E-state index contributed by atoms with van der Waals surface area (Å²) in [7, 11) is 0. The van der Waals surface area contributed by atoms with E-state index in [-0.39, 0.29) is 18.4 Å². The molecule has 3 aromatic carbocycles. The Hall–Kier alpha value is -3.51. The van der Waals surface area contributed by atoms with Crippen LogP contribution in [0.5, 0.6) is 11.5 Å². The maximum atomic E-state index is 12.6. The molecule has 31 heavy (non-hydrogen) atoms. The summed E-state index contributed by atoms with van der Waals surface area (Å²) in [4.78, 5) is 26.7. The summed E-state index contributed by atoms with van der Waals surface area (Å²) in [6.07, 6.45) is 0. The van der Waals surface area contributed by atoms with Crippen molar-refractivity contribution >= 4 is 34.8 Å². The lowest BCUT2D eigenvalue weighted by molar-refractivity contribution is -0.121. The van der Waals surface area contributed by atoms with E-state index >= 15 is 0 Å². The van der Waals surface area contributed by atoms with E-state index in [0.29, 0.717) is 46.6 Å². The second-order valence-electron chi connectivity index (χ2n) is 7.14. The second kappa shape index (κ2) is 9.10. The van der Waals surface area contributed by atoms with Crippen LogP contribution in [0.4, 0.5) is 11.4 Å². The average Bonchev–Trinajstić information content (AvgIpc) is 2.76. The third-order valence-electron chi connectivity index (χ3n) is 4.84. The van der Waals surface area contributed by atoms with E-state index in [0.717, 1.165) is 5.56 Å². The van der Waals surface area contributed by atoms with Gasteiger partial charge in [0.25, 0.3) is 11.8 Å². The molecule has 1 heterocycles. The number of fused-ring (bicyclic) bond motifs is 1. The van der Waals surface area contributed by atoms with E-state index in [1.165, 1.54) is 0 Å². The van der Waals surface area contributed by atoms with E-state index in [1.54, 1.807) is 53.4 Å². The molecule has 1 aliphatic heterocycles. The molecule has 0 unspecified atom stereocenters. The highest BCUT2D eigenvalue weighted by Gasteiger charge is 2.26. The lowest BCUT2D eigenvalue weighted by atomic mass is 10.1. The largest absolute Gasteiger partial charge is 0.492 e. The molecule has 0 aromatic heterocycles. The highest BCUT2D eigenvalue weighted by molar-refractivity contribution is 6.30. The van der Waals surface area contributed by atoms with Gasteiger partial charge in [-0.15, -0.1) is 0 Å². The van der Waals surface area contributed by atoms with Crippen molar-refractivity contribution in [3.63, 3.8) is 0 Å². The van der Waals surface area contributed by atoms with Crippen molar-refractivity contribution in [1.82, 2.24) is 0 Å². The molecule has 1 aliphatic rings. The summed E-state index contributed by atoms with van der Waals surface area (Å²) < 4.78 is 11.3. The lowest BCUT2D eigenvalue weighted by Gasteiger charge is -2.29. The van der Waals surface area contributed by atoms with Crippen LogP contribution < -0.4 is 19.7 Å². The Labute approximate surface area is 185 Å². The maximum absolute atomic E-state index is 12.6. The minimum Gasteiger partial charge on any atom is -0.492 e. The smallest absolute Gasteiger partial charge is 0.265 e. The molecule has 7 heteroatoms. The Morgan fingerprint density at radius 1 is 1.13 bits per heavy atom. The van der Waals surface area contributed by atoms with Gasteiger partial charge in [-0.3, -0.25) is 9.59 Å². The summed E-state index contributed by atoms with van der Waals surface area (Å²) in [5.74, 6) is 0.864. The normalized spacial score (nSPS) is 12.7. The van der Waals surface area contributed by atoms with Crippen LogP contribution in [0.2, 0.25) is 5.02 Å². The molecule has 0 aliphatic carbocycles. The number of nitrogens with one attached hydrogen (secondary N) is 1. The Morgan fingerprint density at radius 3 is 2.71 bits per heavy atom. The van der Waals surface area contributed by atoms with Gasteiger partial charge in [-0.1, -0.05) is 29.3 Å². The Balaban J connectivity index is 1.47. The standard InChI is InChI=1S/C24H21ClN2O4/c1-16-3-2-4-17(13-16)24(29)26-19-7-10-22-21(14-19)27(23(28)15-31-22)11-12-30-20-8-5-18(25)6-9-20/h2-10,13-14H,11-12,15H2,1H3,(H,26,29). The Morgan fingerprint density at radius 2 is 1.94 bits per heavy atom. The number of carbonyl (C=O) groups is 2. The van der Waals surface area contributed by atoms with Crippen LogP contribution in [0.3, 0.4) is 0 Å². The first-order chi connectivity index (χ1) is 15.0. The summed E-state index contributed by atoms with van der Waals surface area (Å²) >= 11 is 5.89. The lowest BCUT2D eigenvalue weighted by Crippen LogP contribution is -2.41. The number of hydrogen-bond acceptors (Lipinski definition) is 4. The summed E-state index contributed by atoms with van der Waals surface area (Å²) in [6, 6.07) is 19.6. The number of amides is 2. The molecule has 6 nitrogen and oxygen atoms in total. The van der Waals surface area contributed by atoms with Crippen LogP contribution in [-0.2, 0) is 4.79 Å². The number of nitrogens with zero attached hydrogens (tertiary/aromatic N) is 1. The summed E-state index contributed by atoms with van der Waals surface area (Å²) in [5.41, 5.74) is 2.74. The SMILES string of the molecule is Cc1cccc(C(=O)Nc2ccc3c(c2)N(CCOc2ccc(Cl)cc2)C(=O)CO3)c1. The zero-order valence-corrected chi connectivity index (χ0v) is 17.7. The Kier molecular flexibility index (Phi) is 6.09. The highest BCUT2D eigenvalue weighted by Crippen LogP contribution is 2.34. The fourth-order valence-electron chi connectivity index (χ4n) is 3.30. The van der Waals surface area contributed by atoms with Crippen molar-refractivity contribution in [3.05, 3.63) is 82.9 Å². The number of halogens is 1. The zero-order valence-electron chi connectivity index (χ0n) is 16.9. The van der Waals surface area contributed by atoms with Gasteiger partial charge in [0, 0.05) is 16.3 Å². The molecule has 158 valence electrons. The van der Waals surface area contributed by atoms with Crippen LogP contribution in [0.15, 0.2) is 66.7 Å². The van der Waals surface area contributed by atoms with Gasteiger partial charge in [0.1, 0.15) is 18.1 Å². The third kappa shape index (κ3) is 4.98. The van der Waals surface area contributed by atoms with E-state index in [1.807, 2.05) is 25.1 Å². The van der Waals surface area contributed by atoms with Crippen LogP contribution in [0.25, 0.3) is 0 Å². The fraction of sp³-hybridized carbons (Fsp3) is 0.167. The van der Waals surface area contributed by atoms with Crippen molar-refractivity contribution in [2.45, 2.75) is 6.92 Å². The third-order valence-corrected chi connectivity index (χ3v) is 5.09. The first kappa shape index (κ1) is 20.8. The molecule has 0 bridgehead atoms. The number of rotatable bonds is 6. The molecule has 0 saturated carbocycles. The molecule has 3 aromatic rings. The molecular weight excluding hydrogens is 416 g/mol. The second-order valence-corrected chi connectivity index (χ2v) is 7.58. The molecular formula is C24H21ClN2O4. The fourth-order valence-corrected chi connectivity index (χ4v) is 3.43. The van der Waals surface area contributed by atoms with Gasteiger partial charge in [0.15, 0.2) is 6.61 Å². The predicted octanol–water partition coefficient (Wildman–Crippen LogP) is 4.71. The van der Waals surface area contributed by atoms with Crippen LogP contribution in [0.1, 0.15) is 15.9 Å². The molecule has 4 rings (SSSR count). The van der Waals surface area contributed by atoms with Crippen molar-refractivity contribution in [2.75, 3.05) is 30.0 Å². The summed E-state index contributed by atoms with van der Waals surface area (Å²) in [6.45, 7) is 2.53. The number of ether oxygens (including phenoxy) is 2. The molecule has 1 N–H and O–H groups in total. The van der Waals surface area contributed by atoms with Crippen LogP contribution in [0, 0.1) is 6.92 Å². The molecule has 2 amide bonds. The Bertz CT molecular complexity index is 1110. The van der Waals surface area contributed by atoms with Gasteiger partial charge in [-0.2, -0.15) is 0 Å². The van der Waals surface area contributed by atoms with Gasteiger partial charge in [0.2, 0.25) is 0 Å². The minimum absolute atomic E-state index is 0.0387. The van der Waals surface area contributed by atoms with Crippen molar-refractivity contribution in [1.29, 1.82) is 0 Å². The van der Waals surface area contributed by atoms with E-state index in [9.17, 15) is 9.59 Å². The first-order valence-corrected chi connectivity index (χ1v) is 10.2. The topological polar surface area (TPSA) is 67.9 Å². The van der Waals surface area contributed by atoms with E-state index in [4.69, 9.17) is 21.1 Å². The zero-order chi connectivity index (χ0) is 21.8. The van der Waals surface area contributed by atoms with Crippen LogP contribution in [-0.4, -0.2) is 31.6 Å². The van der Waals surface area contributed by atoms with Gasteiger partial charge in [-0.25, -0.2) is 0 Å². The van der Waals surface area contributed by atoms with Gasteiger partial charge in [0.05, 0.1) is 12.2 Å². The summed E-state index contributed by atoms with van der Waals surface area (Å²) in [5, 5.41) is 3.51. The van der Waals surface area contributed by atoms with Crippen molar-refractivity contribution in [2.24, 2.45) is 0 Å². The van der Waals surface area contributed by atoms with Crippen molar-refractivity contribution < 1.29 is 19.1 Å². The maximum Gasteiger partial charge on any atom is 0.265 e. The average molecular weight is 437 g/mol. The van der Waals surface area contributed by atoms with Crippen molar-refractivity contribution in [3.8, 4) is 11.5 Å². The number of carbonyl (C=O) groups excluding carboxylic acids is 2. The molecule has 0 fully saturated rings. The number of hydrogen-bond donors (Lipinski definition) is 1. The quantitative estimate of drug-likeness (QED) is 0.608. The predicted molar refractivity (Wildman–Crippen MR) is 120 cm³/mol. The molecule has 0 radical (unpaired) electrons. The molecule has 0 saturated heterocycles. The van der Waals surface area contributed by atoms with E-state index < -0.39 is 0 Å². The molecule has 0 atom stereocenters. The number of benzene rings is 3. The first-order valence-electron chi connectivity index (χ1n) is 9.83. The minimum atomic E-state index is -0.218. The highest BCUT2D eigenvalue weighted by atomic mass is 35.5. The van der Waals surface area contributed by atoms with E-state index in [2.05, 4.69) is 5.32 Å². The number of aryl methyl sites for hydroxylation is 1. The van der Waals surface area contributed by atoms with Gasteiger partial charge >= 0.3 is 0 Å².